The maximum Gasteiger partial charge on any atom is -0.00201 e. The second kappa shape index (κ2) is 9.54. The van der Waals surface area contributed by atoms with E-state index in [-0.39, 0.29) is 5.41 Å². The fourth-order valence-electron chi connectivity index (χ4n) is 7.20. The predicted octanol–water partition coefficient (Wildman–Crippen LogP) is 12.4. The summed E-state index contributed by atoms with van der Waals surface area (Å²) in [5, 5.41) is 13.1. The minimum atomic E-state index is 0.0486. The molecule has 0 fully saturated rings. The molecule has 0 heterocycles. The van der Waals surface area contributed by atoms with Crippen LogP contribution in [0, 0.1) is 6.92 Å². The van der Waals surface area contributed by atoms with E-state index in [0.717, 1.165) is 0 Å². The Morgan fingerprint density at radius 3 is 1.77 bits per heavy atom. The third-order valence-electron chi connectivity index (χ3n) is 9.39. The van der Waals surface area contributed by atoms with Crippen molar-refractivity contribution in [2.45, 2.75) is 33.1 Å². The Hall–Kier alpha value is -4.94. The van der Waals surface area contributed by atoms with E-state index in [1.54, 1.807) is 0 Å². The molecule has 0 aromatic heterocycles. The molecule has 8 aromatic carbocycles. The first-order chi connectivity index (χ1) is 20.9. The zero-order valence-electron chi connectivity index (χ0n) is 25.2. The van der Waals surface area contributed by atoms with Crippen LogP contribution < -0.4 is 0 Å². The van der Waals surface area contributed by atoms with Crippen molar-refractivity contribution in [2.24, 2.45) is 0 Å². The number of aryl methyl sites for hydroxylation is 1. The molecule has 0 N–H and O–H groups in total. The molecule has 0 aliphatic carbocycles. The minimum absolute atomic E-state index is 0.0486. The Balaban J connectivity index is 1.54. The van der Waals surface area contributed by atoms with Crippen LogP contribution in [0.5, 0.6) is 0 Å². The maximum absolute atomic E-state index is 2.45. The van der Waals surface area contributed by atoms with E-state index in [4.69, 9.17) is 0 Å². The van der Waals surface area contributed by atoms with Crippen molar-refractivity contribution in [3.63, 3.8) is 0 Å². The summed E-state index contributed by atoms with van der Waals surface area (Å²) in [7, 11) is 0. The van der Waals surface area contributed by atoms with Gasteiger partial charge >= 0.3 is 0 Å². The van der Waals surface area contributed by atoms with Crippen molar-refractivity contribution in [1.82, 2.24) is 0 Å². The van der Waals surface area contributed by atoms with Gasteiger partial charge in [0.2, 0.25) is 0 Å². The summed E-state index contributed by atoms with van der Waals surface area (Å²) in [6.07, 6.45) is 0. The molecule has 0 aliphatic rings. The molecule has 0 heteroatoms. The van der Waals surface area contributed by atoms with E-state index in [1.165, 1.54) is 87.2 Å². The second-order valence-electron chi connectivity index (χ2n) is 13.0. The van der Waals surface area contributed by atoms with Gasteiger partial charge in [-0.05, 0) is 112 Å². The molecule has 0 radical (unpaired) electrons. The lowest BCUT2D eigenvalue weighted by molar-refractivity contribution is 0.591. The van der Waals surface area contributed by atoms with Gasteiger partial charge in [0, 0.05) is 0 Å². The van der Waals surface area contributed by atoms with Gasteiger partial charge in [-0.2, -0.15) is 0 Å². The number of hydrogen-bond acceptors (Lipinski definition) is 0. The first kappa shape index (κ1) is 25.7. The van der Waals surface area contributed by atoms with Crippen molar-refractivity contribution < 1.29 is 0 Å². The molecule has 0 spiro atoms. The summed E-state index contributed by atoms with van der Waals surface area (Å²) in [6.45, 7) is 9.18. The van der Waals surface area contributed by atoms with Crippen LogP contribution in [0.25, 0.3) is 76.1 Å². The van der Waals surface area contributed by atoms with Crippen LogP contribution in [-0.4, -0.2) is 0 Å². The lowest BCUT2D eigenvalue weighted by Crippen LogP contribution is -2.10. The van der Waals surface area contributed by atoms with Crippen LogP contribution in [0.3, 0.4) is 0 Å². The van der Waals surface area contributed by atoms with Crippen molar-refractivity contribution in [1.29, 1.82) is 0 Å². The van der Waals surface area contributed by atoms with E-state index in [2.05, 4.69) is 161 Å². The smallest absolute Gasteiger partial charge is 0.00201 e. The van der Waals surface area contributed by atoms with Gasteiger partial charge in [-0.15, -0.1) is 0 Å². The first-order valence-electron chi connectivity index (χ1n) is 15.3. The van der Waals surface area contributed by atoms with Crippen LogP contribution in [0.15, 0.2) is 133 Å². The Morgan fingerprint density at radius 2 is 1.00 bits per heavy atom. The van der Waals surface area contributed by atoms with Gasteiger partial charge in [0.25, 0.3) is 0 Å². The average molecular weight is 551 g/mol. The normalized spacial score (nSPS) is 12.2. The number of benzene rings is 8. The van der Waals surface area contributed by atoms with Crippen LogP contribution in [0.2, 0.25) is 0 Å². The molecule has 0 atom stereocenters. The summed E-state index contributed by atoms with van der Waals surface area (Å²) in [6, 6.07) is 49.8. The second-order valence-corrected chi connectivity index (χ2v) is 13.0. The lowest BCUT2D eigenvalue weighted by atomic mass is 9.80. The summed E-state index contributed by atoms with van der Waals surface area (Å²) in [5.41, 5.74) is 7.92. The molecule has 0 amide bonds. The highest BCUT2D eigenvalue weighted by molar-refractivity contribution is 6.25. The Morgan fingerprint density at radius 1 is 0.395 bits per heavy atom. The van der Waals surface area contributed by atoms with Gasteiger partial charge in [-0.3, -0.25) is 0 Å². The fraction of sp³-hybridized carbons (Fsp3) is 0.116. The number of hydrogen-bond donors (Lipinski definition) is 0. The minimum Gasteiger partial charge on any atom is -0.0622 e. The third kappa shape index (κ3) is 3.97. The standard InChI is InChI=1S/C43H34/c1-27-31-16-9-8-15-29(31)25-39-32(27)23-24-34-33(39)19-12-20-35(34)42-37-18-11-10-17-36(37)41(28-13-6-5-7-14-28)40-26-30(43(2,3)4)21-22-38(40)42/h5-26H,1-4H3. The monoisotopic (exact) mass is 550 g/mol. The highest BCUT2D eigenvalue weighted by atomic mass is 14.2. The van der Waals surface area contributed by atoms with Crippen molar-refractivity contribution >= 4 is 53.9 Å². The van der Waals surface area contributed by atoms with Crippen molar-refractivity contribution in [3.8, 4) is 22.3 Å². The van der Waals surface area contributed by atoms with E-state index in [9.17, 15) is 0 Å². The molecular weight excluding hydrogens is 516 g/mol. The summed E-state index contributed by atoms with van der Waals surface area (Å²) in [4.78, 5) is 0. The van der Waals surface area contributed by atoms with Gasteiger partial charge in [0.1, 0.15) is 0 Å². The summed E-state index contributed by atoms with van der Waals surface area (Å²) in [5.74, 6) is 0. The van der Waals surface area contributed by atoms with E-state index in [1.807, 2.05) is 0 Å². The Labute approximate surface area is 253 Å². The highest BCUT2D eigenvalue weighted by Crippen LogP contribution is 2.47. The fourth-order valence-corrected chi connectivity index (χ4v) is 7.20. The van der Waals surface area contributed by atoms with Gasteiger partial charge in [0.15, 0.2) is 0 Å². The van der Waals surface area contributed by atoms with Gasteiger partial charge in [-0.25, -0.2) is 0 Å². The summed E-state index contributed by atoms with van der Waals surface area (Å²) < 4.78 is 0. The molecule has 43 heavy (non-hydrogen) atoms. The third-order valence-corrected chi connectivity index (χ3v) is 9.39. The maximum atomic E-state index is 2.45. The Kier molecular flexibility index (Phi) is 5.71. The van der Waals surface area contributed by atoms with Gasteiger partial charge in [-0.1, -0.05) is 142 Å². The molecule has 0 saturated heterocycles. The molecular formula is C43H34. The number of rotatable bonds is 2. The van der Waals surface area contributed by atoms with Crippen LogP contribution >= 0.6 is 0 Å². The zero-order chi connectivity index (χ0) is 29.3. The molecule has 8 rings (SSSR count). The largest absolute Gasteiger partial charge is 0.0622 e. The van der Waals surface area contributed by atoms with E-state index in [0.29, 0.717) is 0 Å². The molecule has 206 valence electrons. The molecule has 0 bridgehead atoms. The molecule has 8 aromatic rings. The van der Waals surface area contributed by atoms with E-state index < -0.39 is 0 Å². The van der Waals surface area contributed by atoms with Crippen LogP contribution in [-0.2, 0) is 5.41 Å². The van der Waals surface area contributed by atoms with E-state index >= 15 is 0 Å². The predicted molar refractivity (Wildman–Crippen MR) is 188 cm³/mol. The molecule has 0 unspecified atom stereocenters. The number of fused-ring (bicyclic) bond motifs is 6. The highest BCUT2D eigenvalue weighted by Gasteiger charge is 2.21. The quantitative estimate of drug-likeness (QED) is 0.148. The van der Waals surface area contributed by atoms with Crippen molar-refractivity contribution in [2.75, 3.05) is 0 Å². The Bertz CT molecular complexity index is 2370. The van der Waals surface area contributed by atoms with Crippen LogP contribution in [0.1, 0.15) is 31.9 Å². The van der Waals surface area contributed by atoms with Gasteiger partial charge < -0.3 is 0 Å². The molecule has 0 saturated carbocycles. The average Bonchev–Trinajstić information content (AvgIpc) is 3.03. The zero-order valence-corrected chi connectivity index (χ0v) is 25.2. The SMILES string of the molecule is Cc1c2ccccc2cc2c1ccc1c(-c3c4ccccc4c(-c4ccccc4)c4cc(C(C)(C)C)ccc34)cccc12. The van der Waals surface area contributed by atoms with Crippen LogP contribution in [0.4, 0.5) is 0 Å². The van der Waals surface area contributed by atoms with Gasteiger partial charge in [0.05, 0.1) is 0 Å². The topological polar surface area (TPSA) is 0 Å². The lowest BCUT2D eigenvalue weighted by Gasteiger charge is -2.23. The molecule has 0 aliphatic heterocycles. The molecule has 0 nitrogen and oxygen atoms in total. The van der Waals surface area contributed by atoms with Crippen molar-refractivity contribution in [3.05, 3.63) is 145 Å². The first-order valence-corrected chi connectivity index (χ1v) is 15.3. The summed E-state index contributed by atoms with van der Waals surface area (Å²) >= 11 is 0.